The minimum atomic E-state index is -4.53. The molecule has 4 heterocycles. The molecule has 1 unspecified atom stereocenters. The summed E-state index contributed by atoms with van der Waals surface area (Å²) in [7, 11) is 0. The molecular formula is C25H25F3GaN5O2S. The van der Waals surface area contributed by atoms with Crippen molar-refractivity contribution < 1.29 is 22.8 Å². The average Bonchev–Trinajstić information content (AvgIpc) is 3.64. The van der Waals surface area contributed by atoms with E-state index in [2.05, 4.69) is 22.4 Å². The van der Waals surface area contributed by atoms with E-state index < -0.39 is 11.9 Å². The Balaban J connectivity index is 1.16. The van der Waals surface area contributed by atoms with Crippen LogP contribution in [-0.2, 0) is 27.3 Å². The average molecular weight is 586 g/mol. The first-order valence-corrected chi connectivity index (χ1v) is 14.7. The fourth-order valence-corrected chi connectivity index (χ4v) is 6.53. The molecule has 0 N–H and O–H groups in total. The predicted octanol–water partition coefficient (Wildman–Crippen LogP) is 4.61. The third kappa shape index (κ3) is 5.65. The Labute approximate surface area is 226 Å². The monoisotopic (exact) mass is 585 g/mol. The standard InChI is InChI=1S/C25H25F3N5O2S.Ga/c1-15-5-3-4-6-18(15)21-12-19(31-35-21)20-14-36-24(29-20)17-7-9-32(10-8-17)23(34)13-33-16(2)11-22(30-33)25(26,27)28;/h3-6,11,14,17,21H,1,7-10,12-13H2,2H3;. The molecule has 1 aromatic carbocycles. The van der Waals surface area contributed by atoms with Gasteiger partial charge in [0.25, 0.3) is 0 Å². The Kier molecular flexibility index (Phi) is 7.50. The van der Waals surface area contributed by atoms with Crippen LogP contribution in [0.3, 0.4) is 0 Å². The van der Waals surface area contributed by atoms with Crippen LogP contribution < -0.4 is 0 Å². The van der Waals surface area contributed by atoms with Crippen molar-refractivity contribution in [2.24, 2.45) is 5.16 Å². The third-order valence-electron chi connectivity index (χ3n) is 6.86. The Hall–Kier alpha value is -2.57. The van der Waals surface area contributed by atoms with Gasteiger partial charge in [0.2, 0.25) is 5.91 Å². The molecule has 37 heavy (non-hydrogen) atoms. The summed E-state index contributed by atoms with van der Waals surface area (Å²) in [5, 5.41) is 10.9. The van der Waals surface area contributed by atoms with Gasteiger partial charge in [0.1, 0.15) is 6.54 Å². The predicted molar refractivity (Wildman–Crippen MR) is 134 cm³/mol. The van der Waals surface area contributed by atoms with Crippen molar-refractivity contribution in [1.82, 2.24) is 19.7 Å². The molecule has 2 aliphatic heterocycles. The summed E-state index contributed by atoms with van der Waals surface area (Å²) < 4.78 is 39.9. The number of carbonyl (C=O) groups excluding carboxylic acids is 1. The Morgan fingerprint density at radius 2 is 2.00 bits per heavy atom. The number of benzene rings is 1. The van der Waals surface area contributed by atoms with E-state index in [4.69, 9.17) is 9.82 Å². The maximum atomic E-state index is 12.9. The van der Waals surface area contributed by atoms with Crippen molar-refractivity contribution in [2.45, 2.75) is 55.9 Å². The number of hydrogen-bond donors (Lipinski definition) is 0. The van der Waals surface area contributed by atoms with Gasteiger partial charge in [-0.05, 0) is 13.0 Å². The van der Waals surface area contributed by atoms with Gasteiger partial charge in [0, 0.05) is 5.69 Å². The summed E-state index contributed by atoms with van der Waals surface area (Å²) in [5.74, 6) is 0.00287. The van der Waals surface area contributed by atoms with Crippen LogP contribution >= 0.6 is 11.3 Å². The van der Waals surface area contributed by atoms with Gasteiger partial charge in [-0.1, -0.05) is 0 Å². The molecule has 1 atom stereocenters. The maximum absolute atomic E-state index is 12.9. The van der Waals surface area contributed by atoms with Crippen LogP contribution in [0.15, 0.2) is 40.9 Å². The van der Waals surface area contributed by atoms with E-state index >= 15 is 0 Å². The van der Waals surface area contributed by atoms with Crippen LogP contribution in [0, 0.1) is 6.92 Å². The molecule has 1 saturated heterocycles. The van der Waals surface area contributed by atoms with Crippen molar-refractivity contribution in [3.05, 3.63) is 68.9 Å². The molecule has 0 saturated carbocycles. The van der Waals surface area contributed by atoms with Gasteiger partial charge >= 0.3 is 158 Å². The molecule has 0 aliphatic carbocycles. The van der Waals surface area contributed by atoms with E-state index in [1.807, 2.05) is 17.5 Å². The van der Waals surface area contributed by atoms with E-state index in [-0.39, 0.29) is 24.5 Å². The molecule has 0 spiro atoms. The Morgan fingerprint density at radius 3 is 2.70 bits per heavy atom. The fraction of sp³-hybridized carbons (Fsp3) is 0.440. The van der Waals surface area contributed by atoms with Gasteiger partial charge in [0.05, 0.1) is 0 Å². The summed E-state index contributed by atoms with van der Waals surface area (Å²) in [5.41, 5.74) is 3.49. The van der Waals surface area contributed by atoms with Crippen molar-refractivity contribution in [3.63, 3.8) is 0 Å². The molecule has 0 bridgehead atoms. The number of likely N-dealkylation sites (tertiary alicyclic amines) is 1. The topological polar surface area (TPSA) is 72.6 Å². The Bertz CT molecular complexity index is 1310. The number of piperidine rings is 1. The molecule has 2 aromatic heterocycles. The zero-order chi connectivity index (χ0) is 26.2. The molecule has 12 heteroatoms. The molecule has 192 valence electrons. The number of thiazole rings is 1. The van der Waals surface area contributed by atoms with Gasteiger partial charge in [0.15, 0.2) is 5.69 Å². The Morgan fingerprint density at radius 1 is 1.24 bits per heavy atom. The number of hydrogen-bond acceptors (Lipinski definition) is 6. The molecule has 1 fully saturated rings. The quantitative estimate of drug-likeness (QED) is 0.396. The first-order chi connectivity index (χ1) is 17.7. The zero-order valence-corrected chi connectivity index (χ0v) is 23.5. The summed E-state index contributed by atoms with van der Waals surface area (Å²) >= 11 is 3.26. The van der Waals surface area contributed by atoms with Gasteiger partial charge in [-0.15, -0.1) is 0 Å². The number of carbonyl (C=O) groups is 1. The van der Waals surface area contributed by atoms with Gasteiger partial charge in [-0.3, -0.25) is 9.48 Å². The van der Waals surface area contributed by atoms with Crippen LogP contribution in [0.2, 0.25) is 0 Å². The molecular weight excluding hydrogens is 561 g/mol. The van der Waals surface area contributed by atoms with Crippen molar-refractivity contribution in [2.75, 3.05) is 13.1 Å². The summed E-state index contributed by atoms with van der Waals surface area (Å²) in [6, 6.07) is 9.26. The minimum absolute atomic E-state index is 0.0908. The number of aromatic nitrogens is 3. The number of halogens is 3. The molecule has 2 radical (unpaired) electrons. The van der Waals surface area contributed by atoms with Crippen LogP contribution in [0.5, 0.6) is 0 Å². The number of aryl methyl sites for hydroxylation is 1. The van der Waals surface area contributed by atoms with E-state index in [0.717, 1.165) is 45.0 Å². The first kappa shape index (κ1) is 26.1. The fourth-order valence-electron chi connectivity index (χ4n) is 4.75. The van der Waals surface area contributed by atoms with Crippen LogP contribution in [-0.4, -0.2) is 63.0 Å². The molecule has 5 rings (SSSR count). The number of alkyl halides is 3. The van der Waals surface area contributed by atoms with Gasteiger partial charge < -0.3 is 4.90 Å². The van der Waals surface area contributed by atoms with Crippen molar-refractivity contribution in [3.8, 4) is 0 Å². The van der Waals surface area contributed by atoms with Crippen LogP contribution in [0.1, 0.15) is 64.5 Å². The van der Waals surface area contributed by atoms with Gasteiger partial charge in [-0.25, -0.2) is 0 Å². The zero-order valence-electron chi connectivity index (χ0n) is 20.2. The van der Waals surface area contributed by atoms with E-state index in [1.54, 1.807) is 34.8 Å². The number of amides is 1. The van der Waals surface area contributed by atoms with E-state index in [0.29, 0.717) is 25.2 Å². The summed E-state index contributed by atoms with van der Waals surface area (Å²) in [6.07, 6.45) is -2.43. The van der Waals surface area contributed by atoms with Crippen LogP contribution in [0.25, 0.3) is 0 Å². The van der Waals surface area contributed by atoms with E-state index in [9.17, 15) is 18.0 Å². The summed E-state index contributed by atoms with van der Waals surface area (Å²) in [6.45, 7) is 2.39. The number of oxime groups is 1. The second-order valence-corrected chi connectivity index (χ2v) is 11.0. The van der Waals surface area contributed by atoms with Gasteiger partial charge in [-0.2, -0.15) is 18.3 Å². The van der Waals surface area contributed by atoms with Crippen molar-refractivity contribution in [1.29, 1.82) is 0 Å². The second-order valence-electron chi connectivity index (χ2n) is 9.29. The van der Waals surface area contributed by atoms with Crippen molar-refractivity contribution >= 4 is 41.6 Å². The molecule has 2 aliphatic rings. The number of rotatable bonds is 6. The van der Waals surface area contributed by atoms with Crippen LogP contribution in [0.4, 0.5) is 13.2 Å². The molecule has 3 aromatic rings. The normalized spacial score (nSPS) is 18.6. The van der Waals surface area contributed by atoms with E-state index in [1.165, 1.54) is 18.1 Å². The first-order valence-electron chi connectivity index (χ1n) is 12.1. The summed E-state index contributed by atoms with van der Waals surface area (Å²) in [4.78, 5) is 26.0. The SMILES string of the molecule is Cc1cc(C(F)(F)F)nn1CC(=O)N1CCC(c2nc(C3=NOC(c4ccccc4[CH2][Ga])C3)cs2)CC1. The molecule has 1 amide bonds. The number of nitrogens with zero attached hydrogens (tertiary/aromatic N) is 5. The second kappa shape index (κ2) is 10.7. The third-order valence-corrected chi connectivity index (χ3v) is 8.79. The molecule has 7 nitrogen and oxygen atoms in total.